The summed E-state index contributed by atoms with van der Waals surface area (Å²) in [6.07, 6.45) is 6.62. The average Bonchev–Trinajstić information content (AvgIpc) is 3.45. The lowest BCUT2D eigenvalue weighted by atomic mass is 10.1. The molecule has 0 fully saturated rings. The predicted octanol–water partition coefficient (Wildman–Crippen LogP) is 4.08. The third-order valence-corrected chi connectivity index (χ3v) is 7.00. The van der Waals surface area contributed by atoms with Crippen LogP contribution in [-0.2, 0) is 17.1 Å². The number of aryl methyl sites for hydroxylation is 3. The van der Waals surface area contributed by atoms with Crippen molar-refractivity contribution in [1.29, 1.82) is 0 Å². The minimum Gasteiger partial charge on any atom is -0.361 e. The van der Waals surface area contributed by atoms with Gasteiger partial charge in [0, 0.05) is 47.9 Å². The zero-order chi connectivity index (χ0) is 22.6. The minimum absolute atomic E-state index is 0.0312. The van der Waals surface area contributed by atoms with Gasteiger partial charge in [0.2, 0.25) is 0 Å². The predicted molar refractivity (Wildman–Crippen MR) is 116 cm³/mol. The number of hydrogen-bond acceptors (Lipinski definition) is 6. The van der Waals surface area contributed by atoms with Crippen LogP contribution >= 0.6 is 0 Å². The number of fused-ring (bicyclic) bond motifs is 1. The number of benzene rings is 1. The zero-order valence-corrected chi connectivity index (χ0v) is 18.3. The Morgan fingerprint density at radius 1 is 1.03 bits per heavy atom. The van der Waals surface area contributed by atoms with Gasteiger partial charge in [-0.3, -0.25) is 9.67 Å². The average molecular weight is 451 g/mol. The lowest BCUT2D eigenvalue weighted by molar-refractivity contribution is 0.393. The highest BCUT2D eigenvalue weighted by atomic mass is 32.2. The van der Waals surface area contributed by atoms with E-state index in [2.05, 4.69) is 15.2 Å². The second-order valence-electron chi connectivity index (χ2n) is 7.49. The first kappa shape index (κ1) is 20.1. The van der Waals surface area contributed by atoms with Gasteiger partial charge in [-0.15, -0.1) is 0 Å². The first-order valence-electron chi connectivity index (χ1n) is 9.70. The highest BCUT2D eigenvalue weighted by Crippen LogP contribution is 2.35. The van der Waals surface area contributed by atoms with Crippen molar-refractivity contribution in [1.82, 2.24) is 23.9 Å². The summed E-state index contributed by atoms with van der Waals surface area (Å²) in [4.78, 5) is 4.56. The molecule has 0 aliphatic carbocycles. The number of nitrogens with zero attached hydrogens (tertiary/aromatic N) is 5. The van der Waals surface area contributed by atoms with E-state index < -0.39 is 15.8 Å². The monoisotopic (exact) mass is 451 g/mol. The Morgan fingerprint density at radius 2 is 1.78 bits per heavy atom. The molecule has 0 aliphatic rings. The van der Waals surface area contributed by atoms with Gasteiger partial charge in [0.15, 0.2) is 0 Å². The molecule has 32 heavy (non-hydrogen) atoms. The summed E-state index contributed by atoms with van der Waals surface area (Å²) >= 11 is 0. The van der Waals surface area contributed by atoms with Gasteiger partial charge in [0.25, 0.3) is 10.0 Å². The van der Waals surface area contributed by atoms with E-state index in [-0.39, 0.29) is 4.90 Å². The summed E-state index contributed by atoms with van der Waals surface area (Å²) in [6, 6.07) is 6.47. The minimum atomic E-state index is -4.02. The molecule has 162 valence electrons. The van der Waals surface area contributed by atoms with Crippen LogP contribution in [0.15, 0.2) is 64.5 Å². The van der Waals surface area contributed by atoms with Crippen molar-refractivity contribution in [3.05, 3.63) is 72.4 Å². The zero-order valence-electron chi connectivity index (χ0n) is 17.4. The molecule has 0 N–H and O–H groups in total. The van der Waals surface area contributed by atoms with Crippen LogP contribution in [0.25, 0.3) is 33.3 Å². The second kappa shape index (κ2) is 7.13. The molecule has 0 bridgehead atoms. The van der Waals surface area contributed by atoms with E-state index in [9.17, 15) is 12.8 Å². The molecule has 4 heterocycles. The normalized spacial score (nSPS) is 12.0. The SMILES string of the molecule is Cc1noc(C)c1-c1cnc2c(-c3cnn(C)c3)cn(S(=O)(=O)c3ccc(F)cc3)c2c1. The third-order valence-electron chi connectivity index (χ3n) is 5.31. The molecule has 0 saturated heterocycles. The standard InChI is InChI=1S/C22H18FN5O3S/c1-13-21(14(2)31-26-13)15-8-20-22(24-9-15)19(16-10-25-27(3)11-16)12-28(20)32(29,30)18-6-4-17(23)5-7-18/h4-12H,1-3H3. The smallest absolute Gasteiger partial charge is 0.268 e. The van der Waals surface area contributed by atoms with Crippen LogP contribution in [-0.4, -0.2) is 32.3 Å². The Kier molecular flexibility index (Phi) is 4.48. The van der Waals surface area contributed by atoms with E-state index in [1.807, 2.05) is 6.92 Å². The molecule has 0 saturated carbocycles. The van der Waals surface area contributed by atoms with Crippen molar-refractivity contribution < 1.29 is 17.3 Å². The molecular formula is C22H18FN5O3S. The van der Waals surface area contributed by atoms with Crippen LogP contribution in [0.3, 0.4) is 0 Å². The third kappa shape index (κ3) is 3.11. The Balaban J connectivity index is 1.80. The van der Waals surface area contributed by atoms with Crippen LogP contribution in [0.5, 0.6) is 0 Å². The van der Waals surface area contributed by atoms with Crippen LogP contribution in [0, 0.1) is 19.7 Å². The fraction of sp³-hybridized carbons (Fsp3) is 0.136. The maximum Gasteiger partial charge on any atom is 0.268 e. The maximum absolute atomic E-state index is 13.5. The van der Waals surface area contributed by atoms with Gasteiger partial charge in [-0.2, -0.15) is 5.10 Å². The summed E-state index contributed by atoms with van der Waals surface area (Å²) < 4.78 is 48.5. The van der Waals surface area contributed by atoms with Gasteiger partial charge in [-0.1, -0.05) is 5.16 Å². The van der Waals surface area contributed by atoms with E-state index in [4.69, 9.17) is 4.52 Å². The van der Waals surface area contributed by atoms with Crippen molar-refractivity contribution in [3.8, 4) is 22.3 Å². The highest BCUT2D eigenvalue weighted by Gasteiger charge is 2.24. The Labute approximate surface area is 183 Å². The number of pyridine rings is 1. The van der Waals surface area contributed by atoms with Gasteiger partial charge in [-0.05, 0) is 44.2 Å². The summed E-state index contributed by atoms with van der Waals surface area (Å²) in [7, 11) is -2.25. The van der Waals surface area contributed by atoms with Crippen molar-refractivity contribution in [2.45, 2.75) is 18.7 Å². The molecule has 0 amide bonds. The summed E-state index contributed by atoms with van der Waals surface area (Å²) in [5, 5.41) is 8.17. The molecule has 4 aromatic heterocycles. The molecule has 5 aromatic rings. The number of aromatic nitrogens is 5. The molecule has 0 aliphatic heterocycles. The lowest BCUT2D eigenvalue weighted by Gasteiger charge is -2.08. The molecule has 1 aromatic carbocycles. The number of halogens is 1. The van der Waals surface area contributed by atoms with Gasteiger partial charge < -0.3 is 4.52 Å². The van der Waals surface area contributed by atoms with Gasteiger partial charge in [0.1, 0.15) is 11.6 Å². The van der Waals surface area contributed by atoms with Gasteiger partial charge in [0.05, 0.1) is 27.8 Å². The van der Waals surface area contributed by atoms with Gasteiger partial charge in [-0.25, -0.2) is 16.8 Å². The van der Waals surface area contributed by atoms with E-state index >= 15 is 0 Å². The van der Waals surface area contributed by atoms with Crippen molar-refractivity contribution >= 4 is 21.1 Å². The Hall–Kier alpha value is -3.79. The topological polar surface area (TPSA) is 95.8 Å². The fourth-order valence-corrected chi connectivity index (χ4v) is 5.15. The molecule has 10 heteroatoms. The number of hydrogen-bond donors (Lipinski definition) is 0. The Bertz CT molecular complexity index is 1560. The first-order chi connectivity index (χ1) is 15.3. The van der Waals surface area contributed by atoms with Crippen LogP contribution < -0.4 is 0 Å². The number of rotatable bonds is 4. The van der Waals surface area contributed by atoms with Crippen molar-refractivity contribution in [2.75, 3.05) is 0 Å². The van der Waals surface area contributed by atoms with Crippen LogP contribution in [0.1, 0.15) is 11.5 Å². The molecule has 0 unspecified atom stereocenters. The summed E-state index contributed by atoms with van der Waals surface area (Å²) in [5.41, 5.74) is 4.34. The lowest BCUT2D eigenvalue weighted by Crippen LogP contribution is -2.12. The van der Waals surface area contributed by atoms with Gasteiger partial charge >= 0.3 is 0 Å². The van der Waals surface area contributed by atoms with Crippen LogP contribution in [0.2, 0.25) is 0 Å². The van der Waals surface area contributed by atoms with Crippen molar-refractivity contribution in [2.24, 2.45) is 7.05 Å². The Morgan fingerprint density at radius 3 is 2.41 bits per heavy atom. The molecule has 0 atom stereocenters. The van der Waals surface area contributed by atoms with Crippen molar-refractivity contribution in [3.63, 3.8) is 0 Å². The summed E-state index contributed by atoms with van der Waals surface area (Å²) in [6.45, 7) is 3.60. The quantitative estimate of drug-likeness (QED) is 0.408. The second-order valence-corrected chi connectivity index (χ2v) is 9.31. The molecule has 0 spiro atoms. The molecular weight excluding hydrogens is 433 g/mol. The summed E-state index contributed by atoms with van der Waals surface area (Å²) in [5.74, 6) is 0.0929. The fourth-order valence-electron chi connectivity index (χ4n) is 3.80. The first-order valence-corrected chi connectivity index (χ1v) is 11.1. The van der Waals surface area contributed by atoms with E-state index in [1.165, 1.54) is 22.3 Å². The molecule has 0 radical (unpaired) electrons. The largest absolute Gasteiger partial charge is 0.361 e. The van der Waals surface area contributed by atoms with E-state index in [0.717, 1.165) is 23.3 Å². The van der Waals surface area contributed by atoms with Crippen LogP contribution in [0.4, 0.5) is 4.39 Å². The van der Waals surface area contributed by atoms with E-state index in [1.54, 1.807) is 43.3 Å². The molecule has 8 nitrogen and oxygen atoms in total. The highest BCUT2D eigenvalue weighted by molar-refractivity contribution is 7.90. The maximum atomic E-state index is 13.5. The van der Waals surface area contributed by atoms with E-state index in [0.29, 0.717) is 33.6 Å². The molecule has 5 rings (SSSR count).